The summed E-state index contributed by atoms with van der Waals surface area (Å²) in [5, 5.41) is 16.2. The van der Waals surface area contributed by atoms with Crippen LogP contribution in [0.5, 0.6) is 5.75 Å². The molecule has 28 heavy (non-hydrogen) atoms. The molecule has 0 atom stereocenters. The maximum atomic E-state index is 12.4. The first kappa shape index (κ1) is 19.0. The van der Waals surface area contributed by atoms with Gasteiger partial charge in [0, 0.05) is 36.4 Å². The van der Waals surface area contributed by atoms with Gasteiger partial charge in [0.15, 0.2) is 5.82 Å². The molecular formula is C21H21N5O2. The second-order valence-corrected chi connectivity index (χ2v) is 6.36. The Morgan fingerprint density at radius 3 is 2.54 bits per heavy atom. The third-order valence-corrected chi connectivity index (χ3v) is 4.42. The number of aromatic nitrogens is 3. The monoisotopic (exact) mass is 375 g/mol. The number of anilines is 1. The molecule has 0 radical (unpaired) electrons. The molecule has 7 nitrogen and oxygen atoms in total. The Balaban J connectivity index is 1.91. The first-order valence-corrected chi connectivity index (χ1v) is 8.69. The number of benzene rings is 1. The van der Waals surface area contributed by atoms with E-state index >= 15 is 0 Å². The Morgan fingerprint density at radius 2 is 1.96 bits per heavy atom. The molecule has 0 saturated carbocycles. The minimum Gasteiger partial charge on any atom is -0.497 e. The maximum Gasteiger partial charge on any atom is 0.267 e. The third-order valence-electron chi connectivity index (χ3n) is 4.42. The highest BCUT2D eigenvalue weighted by atomic mass is 16.5. The van der Waals surface area contributed by atoms with Crippen LogP contribution in [-0.2, 0) is 11.8 Å². The van der Waals surface area contributed by atoms with Gasteiger partial charge in [-0.25, -0.2) is 0 Å². The van der Waals surface area contributed by atoms with E-state index in [9.17, 15) is 10.1 Å². The number of nitrogens with one attached hydrogen (secondary N) is 1. The summed E-state index contributed by atoms with van der Waals surface area (Å²) in [6.45, 7) is 3.93. The number of amides is 1. The number of carbonyl (C=O) groups is 1. The van der Waals surface area contributed by atoms with Gasteiger partial charge in [0.05, 0.1) is 7.11 Å². The molecule has 0 spiro atoms. The van der Waals surface area contributed by atoms with Gasteiger partial charge in [-0.3, -0.25) is 9.48 Å². The summed E-state index contributed by atoms with van der Waals surface area (Å²) in [5.41, 5.74) is 3.73. The van der Waals surface area contributed by atoms with Crippen LogP contribution in [0.25, 0.3) is 11.8 Å². The van der Waals surface area contributed by atoms with E-state index in [2.05, 4.69) is 15.0 Å². The molecule has 0 aliphatic carbocycles. The number of carbonyl (C=O) groups excluding carboxylic acids is 1. The number of methoxy groups -OCH3 is 1. The first-order chi connectivity index (χ1) is 13.4. The molecule has 0 unspecified atom stereocenters. The minimum absolute atomic E-state index is 0.0145. The van der Waals surface area contributed by atoms with Crippen LogP contribution in [0.2, 0.25) is 0 Å². The van der Waals surface area contributed by atoms with E-state index in [1.807, 2.05) is 50.2 Å². The lowest BCUT2D eigenvalue weighted by Gasteiger charge is -2.10. The van der Waals surface area contributed by atoms with E-state index in [-0.39, 0.29) is 5.57 Å². The largest absolute Gasteiger partial charge is 0.497 e. The van der Waals surface area contributed by atoms with Crippen LogP contribution in [-0.4, -0.2) is 27.4 Å². The topological polar surface area (TPSA) is 84.9 Å². The number of aryl methyl sites for hydroxylation is 2. The molecule has 2 heterocycles. The van der Waals surface area contributed by atoms with Crippen molar-refractivity contribution in [1.29, 1.82) is 5.26 Å². The van der Waals surface area contributed by atoms with Crippen molar-refractivity contribution in [3.05, 3.63) is 65.1 Å². The molecule has 0 bridgehead atoms. The van der Waals surface area contributed by atoms with Crippen molar-refractivity contribution < 1.29 is 9.53 Å². The summed E-state index contributed by atoms with van der Waals surface area (Å²) in [4.78, 5) is 12.4. The molecule has 1 amide bonds. The van der Waals surface area contributed by atoms with Crippen LogP contribution in [0.15, 0.2) is 48.2 Å². The number of nitrogens with zero attached hydrogens (tertiary/aromatic N) is 4. The fourth-order valence-electron chi connectivity index (χ4n) is 3.03. The standard InChI is InChI=1S/C21H21N5O2/c1-14-11-16(15(2)26(14)18-5-7-19(28-4)8-6-18)12-17(13-22)21(27)23-20-9-10-25(3)24-20/h5-12H,1-4H3,(H,23,24,27)/b17-12+. The van der Waals surface area contributed by atoms with Crippen molar-refractivity contribution in [3.8, 4) is 17.5 Å². The lowest BCUT2D eigenvalue weighted by molar-refractivity contribution is -0.112. The molecule has 0 aliphatic rings. The molecule has 0 fully saturated rings. The quantitative estimate of drug-likeness (QED) is 0.547. The highest BCUT2D eigenvalue weighted by molar-refractivity contribution is 6.09. The molecule has 142 valence electrons. The third kappa shape index (κ3) is 3.81. The summed E-state index contributed by atoms with van der Waals surface area (Å²) >= 11 is 0. The molecular weight excluding hydrogens is 354 g/mol. The van der Waals surface area contributed by atoms with Crippen molar-refractivity contribution >= 4 is 17.8 Å². The van der Waals surface area contributed by atoms with Gasteiger partial charge in [0.2, 0.25) is 0 Å². The van der Waals surface area contributed by atoms with Gasteiger partial charge in [-0.2, -0.15) is 10.4 Å². The van der Waals surface area contributed by atoms with Gasteiger partial charge in [0.1, 0.15) is 17.4 Å². The zero-order valence-electron chi connectivity index (χ0n) is 16.2. The van der Waals surface area contributed by atoms with Crippen LogP contribution in [0.4, 0.5) is 5.82 Å². The van der Waals surface area contributed by atoms with E-state index in [0.717, 1.165) is 28.4 Å². The van der Waals surface area contributed by atoms with Gasteiger partial charge in [0.25, 0.3) is 5.91 Å². The van der Waals surface area contributed by atoms with Crippen LogP contribution in [0, 0.1) is 25.2 Å². The highest BCUT2D eigenvalue weighted by Crippen LogP contribution is 2.24. The maximum absolute atomic E-state index is 12.4. The van der Waals surface area contributed by atoms with Crippen molar-refractivity contribution in [2.24, 2.45) is 7.05 Å². The first-order valence-electron chi connectivity index (χ1n) is 8.69. The van der Waals surface area contributed by atoms with Crippen LogP contribution in [0.1, 0.15) is 17.0 Å². The summed E-state index contributed by atoms with van der Waals surface area (Å²) in [7, 11) is 3.38. The number of rotatable bonds is 5. The molecule has 7 heteroatoms. The SMILES string of the molecule is COc1ccc(-n2c(C)cc(/C=C(\C#N)C(=O)Nc3ccn(C)n3)c2C)cc1. The van der Waals surface area contributed by atoms with Crippen molar-refractivity contribution in [2.75, 3.05) is 12.4 Å². The van der Waals surface area contributed by atoms with Gasteiger partial charge < -0.3 is 14.6 Å². The normalized spacial score (nSPS) is 11.2. The predicted octanol–water partition coefficient (Wildman–Crippen LogP) is 3.38. The summed E-state index contributed by atoms with van der Waals surface area (Å²) in [6.07, 6.45) is 3.31. The van der Waals surface area contributed by atoms with E-state index in [0.29, 0.717) is 5.82 Å². The summed E-state index contributed by atoms with van der Waals surface area (Å²) < 4.78 is 8.85. The van der Waals surface area contributed by atoms with E-state index in [4.69, 9.17) is 4.74 Å². The summed E-state index contributed by atoms with van der Waals surface area (Å²) in [5.74, 6) is 0.692. The molecule has 2 aromatic heterocycles. The van der Waals surface area contributed by atoms with Crippen molar-refractivity contribution in [3.63, 3.8) is 0 Å². The second kappa shape index (κ2) is 7.84. The Hall–Kier alpha value is -3.79. The van der Waals surface area contributed by atoms with Crippen molar-refractivity contribution in [2.45, 2.75) is 13.8 Å². The van der Waals surface area contributed by atoms with Gasteiger partial charge in [-0.1, -0.05) is 0 Å². The fourth-order valence-corrected chi connectivity index (χ4v) is 3.03. The predicted molar refractivity (Wildman–Crippen MR) is 107 cm³/mol. The number of hydrogen-bond acceptors (Lipinski definition) is 4. The fraction of sp³-hybridized carbons (Fsp3) is 0.190. The Bertz CT molecular complexity index is 1080. The van der Waals surface area contributed by atoms with E-state index in [1.165, 1.54) is 0 Å². The number of hydrogen-bond donors (Lipinski definition) is 1. The van der Waals surface area contributed by atoms with Crippen LogP contribution >= 0.6 is 0 Å². The Kier molecular flexibility index (Phi) is 5.32. The molecule has 0 aliphatic heterocycles. The highest BCUT2D eigenvalue weighted by Gasteiger charge is 2.14. The average Bonchev–Trinajstić information content (AvgIpc) is 3.21. The lowest BCUT2D eigenvalue weighted by Crippen LogP contribution is -2.14. The van der Waals surface area contributed by atoms with Gasteiger partial charge in [-0.15, -0.1) is 0 Å². The Labute approximate surface area is 163 Å². The van der Waals surface area contributed by atoms with E-state index < -0.39 is 5.91 Å². The zero-order valence-corrected chi connectivity index (χ0v) is 16.2. The molecule has 1 N–H and O–H groups in total. The Morgan fingerprint density at radius 1 is 1.25 bits per heavy atom. The van der Waals surface area contributed by atoms with E-state index in [1.54, 1.807) is 37.2 Å². The van der Waals surface area contributed by atoms with Gasteiger partial charge >= 0.3 is 0 Å². The smallest absolute Gasteiger partial charge is 0.267 e. The minimum atomic E-state index is -0.490. The molecule has 3 aromatic rings. The number of nitriles is 1. The average molecular weight is 375 g/mol. The van der Waals surface area contributed by atoms with Crippen LogP contribution < -0.4 is 10.1 Å². The second-order valence-electron chi connectivity index (χ2n) is 6.36. The summed E-state index contributed by atoms with van der Waals surface area (Å²) in [6, 6.07) is 13.3. The van der Waals surface area contributed by atoms with Crippen LogP contribution in [0.3, 0.4) is 0 Å². The zero-order chi connectivity index (χ0) is 20.3. The number of ether oxygens (including phenoxy) is 1. The molecule has 1 aromatic carbocycles. The molecule has 0 saturated heterocycles. The molecule has 3 rings (SSSR count). The lowest BCUT2D eigenvalue weighted by atomic mass is 10.1. The van der Waals surface area contributed by atoms with Gasteiger partial charge in [-0.05, 0) is 55.8 Å². The van der Waals surface area contributed by atoms with Crippen molar-refractivity contribution in [1.82, 2.24) is 14.3 Å².